The Morgan fingerprint density at radius 2 is 1.94 bits per heavy atom. The van der Waals surface area contributed by atoms with Gasteiger partial charge in [-0.3, -0.25) is 9.67 Å². The zero-order chi connectivity index (χ0) is 21.9. The lowest BCUT2D eigenvalue weighted by atomic mass is 10.0. The third-order valence-corrected chi connectivity index (χ3v) is 5.87. The fraction of sp³-hybridized carbons (Fsp3) is 0.250. The van der Waals surface area contributed by atoms with Crippen molar-refractivity contribution in [1.29, 1.82) is 0 Å². The number of nitrogens with zero attached hydrogens (tertiary/aromatic N) is 7. The maximum absolute atomic E-state index is 15.4. The summed E-state index contributed by atoms with van der Waals surface area (Å²) in [5.74, 6) is -5.46. The molecule has 0 fully saturated rings. The van der Waals surface area contributed by atoms with Crippen molar-refractivity contribution in [2.24, 2.45) is 7.05 Å². The van der Waals surface area contributed by atoms with Crippen LogP contribution in [0.3, 0.4) is 0 Å². The van der Waals surface area contributed by atoms with Gasteiger partial charge in [0.15, 0.2) is 5.01 Å². The highest BCUT2D eigenvalue weighted by molar-refractivity contribution is 7.19. The molecule has 5 aromatic rings. The van der Waals surface area contributed by atoms with Gasteiger partial charge in [0.2, 0.25) is 10.8 Å². The van der Waals surface area contributed by atoms with Crippen LogP contribution < -0.4 is 0 Å². The molecule has 1 aromatic carbocycles. The minimum atomic E-state index is -3.76. The number of aromatic nitrogens is 7. The number of aryl methyl sites for hydroxylation is 1. The Bertz CT molecular complexity index is 1430. The van der Waals surface area contributed by atoms with E-state index in [9.17, 15) is 4.39 Å². The molecule has 7 nitrogen and oxygen atoms in total. The number of halogens is 3. The molecule has 11 heteroatoms. The maximum atomic E-state index is 15.4. The van der Waals surface area contributed by atoms with E-state index < -0.39 is 23.1 Å². The van der Waals surface area contributed by atoms with Crippen molar-refractivity contribution in [3.63, 3.8) is 0 Å². The summed E-state index contributed by atoms with van der Waals surface area (Å²) in [6, 6.07) is 5.28. The molecule has 4 heterocycles. The van der Waals surface area contributed by atoms with Crippen LogP contribution in [0.4, 0.5) is 13.2 Å². The number of alkyl halides is 2. The predicted octanol–water partition coefficient (Wildman–Crippen LogP) is 4.54. The summed E-state index contributed by atoms with van der Waals surface area (Å²) in [5.41, 5.74) is 1.03. The van der Waals surface area contributed by atoms with Crippen LogP contribution in [-0.2, 0) is 13.0 Å². The van der Waals surface area contributed by atoms with Gasteiger partial charge in [-0.15, -0.1) is 10.2 Å². The van der Waals surface area contributed by atoms with Gasteiger partial charge in [-0.25, -0.2) is 4.39 Å². The SMILES string of the molecule is CC(C)c1nn(C)cc1-c1nn2c(C(F)(F)c3cc4cccnc4cc3F)nnc2s1. The molecule has 4 aromatic heterocycles. The van der Waals surface area contributed by atoms with E-state index in [-0.39, 0.29) is 10.9 Å². The molecule has 0 aliphatic carbocycles. The van der Waals surface area contributed by atoms with E-state index in [0.717, 1.165) is 39.2 Å². The third-order valence-electron chi connectivity index (χ3n) is 4.94. The van der Waals surface area contributed by atoms with Gasteiger partial charge in [0.25, 0.3) is 0 Å². The fourth-order valence-corrected chi connectivity index (χ4v) is 4.33. The molecule has 0 unspecified atom stereocenters. The summed E-state index contributed by atoms with van der Waals surface area (Å²) in [6.07, 6.45) is 3.26. The Labute approximate surface area is 178 Å². The molecule has 0 atom stereocenters. The van der Waals surface area contributed by atoms with Gasteiger partial charge >= 0.3 is 5.92 Å². The first-order chi connectivity index (χ1) is 14.8. The van der Waals surface area contributed by atoms with Gasteiger partial charge in [-0.05, 0) is 18.1 Å². The molecule has 0 aliphatic heterocycles. The van der Waals surface area contributed by atoms with Crippen LogP contribution in [0.25, 0.3) is 26.4 Å². The number of fused-ring (bicyclic) bond motifs is 2. The van der Waals surface area contributed by atoms with Crippen molar-refractivity contribution in [2.75, 3.05) is 0 Å². The van der Waals surface area contributed by atoms with E-state index in [2.05, 4.69) is 25.4 Å². The molecule has 0 saturated carbocycles. The average Bonchev–Trinajstić information content (AvgIpc) is 3.40. The Morgan fingerprint density at radius 3 is 2.71 bits per heavy atom. The van der Waals surface area contributed by atoms with Crippen LogP contribution in [0, 0.1) is 5.82 Å². The number of hydrogen-bond donors (Lipinski definition) is 0. The molecule has 0 saturated heterocycles. The van der Waals surface area contributed by atoms with E-state index in [4.69, 9.17) is 0 Å². The van der Waals surface area contributed by atoms with Crippen LogP contribution in [0.5, 0.6) is 0 Å². The second-order valence-electron chi connectivity index (χ2n) is 7.48. The molecule has 31 heavy (non-hydrogen) atoms. The summed E-state index contributed by atoms with van der Waals surface area (Å²) in [5, 5.41) is 17.1. The lowest BCUT2D eigenvalue weighted by molar-refractivity contribution is 0.0271. The maximum Gasteiger partial charge on any atom is 0.336 e. The van der Waals surface area contributed by atoms with Crippen molar-refractivity contribution in [3.8, 4) is 10.6 Å². The Hall–Kier alpha value is -3.34. The van der Waals surface area contributed by atoms with Crippen LogP contribution in [0.1, 0.15) is 36.8 Å². The highest BCUT2D eigenvalue weighted by Gasteiger charge is 2.43. The van der Waals surface area contributed by atoms with E-state index in [0.29, 0.717) is 15.9 Å². The van der Waals surface area contributed by atoms with Crippen molar-refractivity contribution in [2.45, 2.75) is 25.7 Å². The average molecular weight is 443 g/mol. The minimum absolute atomic E-state index is 0.117. The van der Waals surface area contributed by atoms with E-state index >= 15 is 8.78 Å². The van der Waals surface area contributed by atoms with Gasteiger partial charge in [0, 0.05) is 30.9 Å². The van der Waals surface area contributed by atoms with Crippen molar-refractivity contribution in [1.82, 2.24) is 34.6 Å². The number of hydrogen-bond acceptors (Lipinski definition) is 6. The topological polar surface area (TPSA) is 73.8 Å². The molecular formula is C20H16F3N7S. The monoisotopic (exact) mass is 443 g/mol. The molecule has 5 rings (SSSR count). The minimum Gasteiger partial charge on any atom is -0.275 e. The first-order valence-electron chi connectivity index (χ1n) is 9.45. The van der Waals surface area contributed by atoms with Gasteiger partial charge < -0.3 is 0 Å². The van der Waals surface area contributed by atoms with Crippen molar-refractivity contribution < 1.29 is 13.2 Å². The second kappa shape index (κ2) is 6.84. The Morgan fingerprint density at radius 1 is 1.13 bits per heavy atom. The van der Waals surface area contributed by atoms with Gasteiger partial charge in [0.05, 0.1) is 22.3 Å². The highest BCUT2D eigenvalue weighted by Crippen LogP contribution is 2.39. The molecular weight excluding hydrogens is 427 g/mol. The molecule has 0 amide bonds. The lowest BCUT2D eigenvalue weighted by Gasteiger charge is -2.15. The second-order valence-corrected chi connectivity index (χ2v) is 8.44. The smallest absolute Gasteiger partial charge is 0.275 e. The number of pyridine rings is 1. The quantitative estimate of drug-likeness (QED) is 0.408. The van der Waals surface area contributed by atoms with Gasteiger partial charge in [-0.2, -0.15) is 23.5 Å². The molecule has 0 N–H and O–H groups in total. The van der Waals surface area contributed by atoms with Crippen LogP contribution >= 0.6 is 11.3 Å². The first-order valence-corrected chi connectivity index (χ1v) is 10.3. The normalized spacial score (nSPS) is 12.5. The standard InChI is InChI=1S/C20H16F3N7S/c1-10(2)16-12(9-29(3)27-16)17-28-30-18(25-26-19(30)31-17)20(22,23)13-7-11-5-4-6-24-15(11)8-14(13)21/h4-10H,1-3H3. The predicted molar refractivity (Wildman–Crippen MR) is 110 cm³/mol. The molecule has 0 spiro atoms. The summed E-state index contributed by atoms with van der Waals surface area (Å²) in [7, 11) is 1.78. The van der Waals surface area contributed by atoms with Gasteiger partial charge in [0.1, 0.15) is 5.82 Å². The summed E-state index contributed by atoms with van der Waals surface area (Å²) < 4.78 is 48.1. The van der Waals surface area contributed by atoms with Gasteiger partial charge in [-0.1, -0.05) is 31.3 Å². The Balaban J connectivity index is 1.65. The zero-order valence-electron chi connectivity index (χ0n) is 16.7. The lowest BCUT2D eigenvalue weighted by Crippen LogP contribution is -2.21. The summed E-state index contributed by atoms with van der Waals surface area (Å²) in [4.78, 5) is 4.19. The molecule has 0 aliphatic rings. The fourth-order valence-electron chi connectivity index (χ4n) is 3.47. The van der Waals surface area contributed by atoms with Crippen LogP contribution in [-0.4, -0.2) is 34.6 Å². The first kappa shape index (κ1) is 19.6. The number of rotatable bonds is 4. The van der Waals surface area contributed by atoms with E-state index in [1.807, 2.05) is 13.8 Å². The number of benzene rings is 1. The van der Waals surface area contributed by atoms with Crippen LogP contribution in [0.15, 0.2) is 36.7 Å². The molecule has 0 bridgehead atoms. The summed E-state index contributed by atoms with van der Waals surface area (Å²) >= 11 is 1.12. The van der Waals surface area contributed by atoms with Crippen molar-refractivity contribution >= 4 is 27.2 Å². The highest BCUT2D eigenvalue weighted by atomic mass is 32.1. The van der Waals surface area contributed by atoms with Crippen molar-refractivity contribution in [3.05, 3.63) is 59.6 Å². The summed E-state index contributed by atoms with van der Waals surface area (Å²) in [6.45, 7) is 3.98. The van der Waals surface area contributed by atoms with E-state index in [1.54, 1.807) is 30.1 Å². The molecule has 0 radical (unpaired) electrons. The third kappa shape index (κ3) is 3.07. The Kier molecular flexibility index (Phi) is 4.33. The molecule has 158 valence electrons. The van der Waals surface area contributed by atoms with E-state index in [1.165, 1.54) is 6.20 Å². The zero-order valence-corrected chi connectivity index (χ0v) is 17.5. The largest absolute Gasteiger partial charge is 0.336 e. The van der Waals surface area contributed by atoms with Crippen LogP contribution in [0.2, 0.25) is 0 Å².